The van der Waals surface area contributed by atoms with Gasteiger partial charge in [-0.25, -0.2) is 0 Å². The van der Waals surface area contributed by atoms with E-state index in [0.717, 1.165) is 24.2 Å². The van der Waals surface area contributed by atoms with E-state index in [1.54, 1.807) is 6.07 Å². The summed E-state index contributed by atoms with van der Waals surface area (Å²) in [6, 6.07) is 1.57. The summed E-state index contributed by atoms with van der Waals surface area (Å²) in [7, 11) is 0. The van der Waals surface area contributed by atoms with Crippen molar-refractivity contribution in [3.63, 3.8) is 0 Å². The Balaban J connectivity index is 2.26. The number of aromatic amines is 1. The third-order valence-corrected chi connectivity index (χ3v) is 3.82. The fraction of sp³-hybridized carbons (Fsp3) is 0.625. The summed E-state index contributed by atoms with van der Waals surface area (Å²) < 4.78 is 5.87. The third kappa shape index (κ3) is 3.73. The van der Waals surface area contributed by atoms with E-state index in [9.17, 15) is 9.59 Å². The summed E-state index contributed by atoms with van der Waals surface area (Å²) >= 11 is 0. The molecule has 2 N–H and O–H groups in total. The lowest BCUT2D eigenvalue weighted by atomic mass is 10.0. The van der Waals surface area contributed by atoms with Crippen LogP contribution in [0.3, 0.4) is 0 Å². The Hall–Kier alpha value is -1.62. The zero-order valence-corrected chi connectivity index (χ0v) is 13.2. The molecular formula is C16H24N2O3. The molecule has 0 aliphatic carbocycles. The molecule has 2 atom stereocenters. The third-order valence-electron chi connectivity index (χ3n) is 3.82. The molecule has 21 heavy (non-hydrogen) atoms. The fourth-order valence-corrected chi connectivity index (χ4v) is 2.59. The van der Waals surface area contributed by atoms with Gasteiger partial charge in [0.15, 0.2) is 5.43 Å². The van der Waals surface area contributed by atoms with E-state index in [2.05, 4.69) is 10.3 Å². The molecule has 5 heteroatoms. The molecule has 0 radical (unpaired) electrons. The molecule has 1 amide bonds. The van der Waals surface area contributed by atoms with Crippen LogP contribution in [0.25, 0.3) is 0 Å². The normalized spacial score (nSPS) is 21.8. The van der Waals surface area contributed by atoms with Crippen LogP contribution in [0.1, 0.15) is 56.7 Å². The number of amides is 1. The first-order valence-electron chi connectivity index (χ1n) is 7.54. The van der Waals surface area contributed by atoms with Crippen molar-refractivity contribution in [3.05, 3.63) is 33.2 Å². The second-order valence-corrected chi connectivity index (χ2v) is 6.09. The van der Waals surface area contributed by atoms with E-state index >= 15 is 0 Å². The number of H-pyrrole nitrogens is 1. The number of pyridine rings is 1. The molecular weight excluding hydrogens is 268 g/mol. The molecule has 2 rings (SSSR count). The minimum Gasteiger partial charge on any atom is -0.369 e. The number of hydrogen-bond donors (Lipinski definition) is 2. The minimum atomic E-state index is -0.0965. The van der Waals surface area contributed by atoms with Crippen LogP contribution in [-0.2, 0) is 16.1 Å². The number of carbonyl (C=O) groups is 1. The van der Waals surface area contributed by atoms with Crippen LogP contribution in [0.4, 0.5) is 0 Å². The zero-order valence-electron chi connectivity index (χ0n) is 13.2. The Morgan fingerprint density at radius 2 is 2.19 bits per heavy atom. The molecule has 0 aromatic carbocycles. The van der Waals surface area contributed by atoms with Crippen molar-refractivity contribution in [2.24, 2.45) is 5.92 Å². The number of ether oxygens (including phenoxy) is 1. The minimum absolute atomic E-state index is 0.0477. The quantitative estimate of drug-likeness (QED) is 0.893. The van der Waals surface area contributed by atoms with Crippen molar-refractivity contribution in [1.29, 1.82) is 0 Å². The molecule has 5 nitrogen and oxygen atoms in total. The maximum Gasteiger partial charge on any atom is 0.222 e. The molecule has 1 aromatic heterocycles. The van der Waals surface area contributed by atoms with Crippen molar-refractivity contribution in [1.82, 2.24) is 10.3 Å². The van der Waals surface area contributed by atoms with Crippen molar-refractivity contribution >= 4 is 5.91 Å². The molecule has 0 saturated carbocycles. The van der Waals surface area contributed by atoms with E-state index in [0.29, 0.717) is 5.56 Å². The molecule has 2 unspecified atom stereocenters. The van der Waals surface area contributed by atoms with Crippen LogP contribution in [0, 0.1) is 12.8 Å². The Labute approximate surface area is 125 Å². The maximum absolute atomic E-state index is 12.3. The fourth-order valence-electron chi connectivity index (χ4n) is 2.59. The molecule has 1 aliphatic heterocycles. The van der Waals surface area contributed by atoms with Crippen LogP contribution in [0.5, 0.6) is 0 Å². The summed E-state index contributed by atoms with van der Waals surface area (Å²) in [4.78, 5) is 27.2. The smallest absolute Gasteiger partial charge is 0.222 e. The standard InChI is InChI=1S/C16H24N2O3/c1-9(2)16(20)17-8-12-13(19)7-10(3)18-15(12)14-6-5-11(4)21-14/h7,9,11,14H,5-6,8H2,1-4H3,(H,17,20)(H,18,19). The second-order valence-electron chi connectivity index (χ2n) is 6.09. The highest BCUT2D eigenvalue weighted by Gasteiger charge is 2.27. The van der Waals surface area contributed by atoms with Gasteiger partial charge in [-0.3, -0.25) is 9.59 Å². The molecule has 1 aliphatic rings. The lowest BCUT2D eigenvalue weighted by Crippen LogP contribution is -2.31. The van der Waals surface area contributed by atoms with Crippen molar-refractivity contribution in [3.8, 4) is 0 Å². The van der Waals surface area contributed by atoms with Crippen LogP contribution in [0.15, 0.2) is 10.9 Å². The van der Waals surface area contributed by atoms with Gasteiger partial charge in [0.05, 0.1) is 17.9 Å². The van der Waals surface area contributed by atoms with Gasteiger partial charge in [0.1, 0.15) is 0 Å². The van der Waals surface area contributed by atoms with Crippen molar-refractivity contribution in [2.75, 3.05) is 0 Å². The van der Waals surface area contributed by atoms with Crippen molar-refractivity contribution in [2.45, 2.75) is 59.3 Å². The first-order valence-corrected chi connectivity index (χ1v) is 7.54. The number of aryl methyl sites for hydroxylation is 1. The van der Waals surface area contributed by atoms with E-state index in [1.807, 2.05) is 27.7 Å². The Morgan fingerprint density at radius 1 is 1.48 bits per heavy atom. The lowest BCUT2D eigenvalue weighted by Gasteiger charge is -2.17. The highest BCUT2D eigenvalue weighted by molar-refractivity contribution is 5.77. The zero-order chi connectivity index (χ0) is 15.6. The number of carbonyl (C=O) groups excluding carboxylic acids is 1. The molecule has 1 saturated heterocycles. The van der Waals surface area contributed by atoms with E-state index < -0.39 is 0 Å². The number of hydrogen-bond acceptors (Lipinski definition) is 3. The van der Waals surface area contributed by atoms with E-state index in [1.165, 1.54) is 0 Å². The Morgan fingerprint density at radius 3 is 2.76 bits per heavy atom. The summed E-state index contributed by atoms with van der Waals surface area (Å²) in [6.07, 6.45) is 2.00. The maximum atomic E-state index is 12.3. The molecule has 1 aromatic rings. The van der Waals surface area contributed by atoms with Gasteiger partial charge < -0.3 is 15.0 Å². The predicted octanol–water partition coefficient (Wildman–Crippen LogP) is 2.20. The molecule has 0 spiro atoms. The largest absolute Gasteiger partial charge is 0.369 e. The van der Waals surface area contributed by atoms with Gasteiger partial charge in [-0.2, -0.15) is 0 Å². The van der Waals surface area contributed by atoms with Crippen LogP contribution >= 0.6 is 0 Å². The average molecular weight is 292 g/mol. The topological polar surface area (TPSA) is 71.2 Å². The Kier molecular flexibility index (Phi) is 4.83. The number of rotatable bonds is 4. The van der Waals surface area contributed by atoms with Gasteiger partial charge in [0.25, 0.3) is 0 Å². The Bertz CT molecular complexity index is 577. The first kappa shape index (κ1) is 15.8. The van der Waals surface area contributed by atoms with Crippen LogP contribution < -0.4 is 10.7 Å². The highest BCUT2D eigenvalue weighted by atomic mass is 16.5. The van der Waals surface area contributed by atoms with Crippen LogP contribution in [0.2, 0.25) is 0 Å². The second kappa shape index (κ2) is 6.43. The summed E-state index contributed by atoms with van der Waals surface area (Å²) in [6.45, 7) is 7.80. The van der Waals surface area contributed by atoms with Gasteiger partial charge in [0, 0.05) is 29.8 Å². The van der Waals surface area contributed by atoms with Gasteiger partial charge in [-0.1, -0.05) is 13.8 Å². The summed E-state index contributed by atoms with van der Waals surface area (Å²) in [5.74, 6) is -0.151. The van der Waals surface area contributed by atoms with Crippen LogP contribution in [-0.4, -0.2) is 17.0 Å². The molecule has 1 fully saturated rings. The predicted molar refractivity (Wildman–Crippen MR) is 81.0 cm³/mol. The number of aromatic nitrogens is 1. The van der Waals surface area contributed by atoms with Gasteiger partial charge >= 0.3 is 0 Å². The number of nitrogens with one attached hydrogen (secondary N) is 2. The SMILES string of the molecule is Cc1cc(=O)c(CNC(=O)C(C)C)c(C2CCC(C)O2)[nH]1. The van der Waals surface area contributed by atoms with Gasteiger partial charge in [0.2, 0.25) is 5.91 Å². The highest BCUT2D eigenvalue weighted by Crippen LogP contribution is 2.32. The van der Waals surface area contributed by atoms with E-state index in [-0.39, 0.29) is 36.0 Å². The van der Waals surface area contributed by atoms with E-state index in [4.69, 9.17) is 4.74 Å². The van der Waals surface area contributed by atoms with Crippen molar-refractivity contribution < 1.29 is 9.53 Å². The summed E-state index contributed by atoms with van der Waals surface area (Å²) in [5.41, 5.74) is 2.19. The molecule has 0 bridgehead atoms. The monoisotopic (exact) mass is 292 g/mol. The molecule has 2 heterocycles. The lowest BCUT2D eigenvalue weighted by molar-refractivity contribution is -0.124. The van der Waals surface area contributed by atoms with Gasteiger partial charge in [-0.05, 0) is 26.7 Å². The molecule has 116 valence electrons. The average Bonchev–Trinajstić information content (AvgIpc) is 2.83. The first-order chi connectivity index (χ1) is 9.88. The van der Waals surface area contributed by atoms with Gasteiger partial charge in [-0.15, -0.1) is 0 Å². The summed E-state index contributed by atoms with van der Waals surface area (Å²) in [5, 5.41) is 2.82.